The molecule has 0 unspecified atom stereocenters. The molecule has 2 heterocycles. The molecule has 0 radical (unpaired) electrons. The number of methoxy groups -OCH3 is 1. The number of ether oxygens (including phenoxy) is 1. The van der Waals surface area contributed by atoms with E-state index < -0.39 is 0 Å². The first-order chi connectivity index (χ1) is 11.3. The Hall–Kier alpha value is -1.43. The lowest BCUT2D eigenvalue weighted by Gasteiger charge is -2.36. The third-order valence-corrected chi connectivity index (χ3v) is 4.92. The summed E-state index contributed by atoms with van der Waals surface area (Å²) in [5.74, 6) is 0.268. The number of amides is 1. The number of fused-ring (bicyclic) bond motifs is 1. The van der Waals surface area contributed by atoms with E-state index in [1.54, 1.807) is 7.11 Å². The van der Waals surface area contributed by atoms with Crippen LogP contribution in [0.2, 0.25) is 0 Å². The molecule has 1 fully saturated rings. The SMILES string of the molecule is COCCN1CCN(CC(=O)N2CCc3ccccc3C2)CC1. The van der Waals surface area contributed by atoms with Crippen LogP contribution in [0.5, 0.6) is 0 Å². The fourth-order valence-electron chi connectivity index (χ4n) is 3.39. The highest BCUT2D eigenvalue weighted by Gasteiger charge is 2.24. The maximum atomic E-state index is 12.6. The molecule has 1 aromatic rings. The highest BCUT2D eigenvalue weighted by molar-refractivity contribution is 5.78. The van der Waals surface area contributed by atoms with Crippen molar-refractivity contribution < 1.29 is 9.53 Å². The van der Waals surface area contributed by atoms with Crippen LogP contribution < -0.4 is 0 Å². The fraction of sp³-hybridized carbons (Fsp3) is 0.611. The van der Waals surface area contributed by atoms with Crippen LogP contribution in [0.25, 0.3) is 0 Å². The van der Waals surface area contributed by atoms with Crippen LogP contribution in [-0.4, -0.2) is 80.1 Å². The van der Waals surface area contributed by atoms with Crippen LogP contribution in [0, 0.1) is 0 Å². The van der Waals surface area contributed by atoms with Gasteiger partial charge in [-0.1, -0.05) is 24.3 Å². The van der Waals surface area contributed by atoms with Crippen molar-refractivity contribution in [2.75, 3.05) is 59.5 Å². The number of carbonyl (C=O) groups is 1. The van der Waals surface area contributed by atoms with Gasteiger partial charge in [0, 0.05) is 52.9 Å². The number of nitrogens with zero attached hydrogens (tertiary/aromatic N) is 3. The molecule has 1 aromatic carbocycles. The number of rotatable bonds is 5. The normalized spacial score (nSPS) is 19.6. The van der Waals surface area contributed by atoms with Crippen molar-refractivity contribution in [3.63, 3.8) is 0 Å². The number of hydrogen-bond donors (Lipinski definition) is 0. The Balaban J connectivity index is 1.45. The standard InChI is InChI=1S/C18H27N3O2/c1-23-13-12-19-8-10-20(11-9-19)15-18(22)21-7-6-16-4-2-3-5-17(16)14-21/h2-5H,6-15H2,1H3. The molecule has 0 aliphatic carbocycles. The highest BCUT2D eigenvalue weighted by Crippen LogP contribution is 2.18. The maximum Gasteiger partial charge on any atom is 0.237 e. The molecule has 1 saturated heterocycles. The van der Waals surface area contributed by atoms with Gasteiger partial charge in [-0.05, 0) is 17.5 Å². The Labute approximate surface area is 138 Å². The Morgan fingerprint density at radius 3 is 2.48 bits per heavy atom. The van der Waals surface area contributed by atoms with Crippen LogP contribution in [0.3, 0.4) is 0 Å². The summed E-state index contributed by atoms with van der Waals surface area (Å²) in [6.07, 6.45) is 0.979. The highest BCUT2D eigenvalue weighted by atomic mass is 16.5. The van der Waals surface area contributed by atoms with Gasteiger partial charge >= 0.3 is 0 Å². The lowest BCUT2D eigenvalue weighted by Crippen LogP contribution is -2.51. The van der Waals surface area contributed by atoms with E-state index in [1.165, 1.54) is 11.1 Å². The van der Waals surface area contributed by atoms with Crippen LogP contribution >= 0.6 is 0 Å². The number of piperazine rings is 1. The summed E-state index contributed by atoms with van der Waals surface area (Å²) in [7, 11) is 1.74. The summed E-state index contributed by atoms with van der Waals surface area (Å²) in [5, 5.41) is 0. The summed E-state index contributed by atoms with van der Waals surface area (Å²) in [4.78, 5) is 19.3. The number of carbonyl (C=O) groups excluding carboxylic acids is 1. The molecule has 2 aliphatic rings. The lowest BCUT2D eigenvalue weighted by molar-refractivity contribution is -0.133. The monoisotopic (exact) mass is 317 g/mol. The molecule has 0 bridgehead atoms. The predicted molar refractivity (Wildman–Crippen MR) is 90.3 cm³/mol. The first-order valence-corrected chi connectivity index (χ1v) is 8.54. The van der Waals surface area contributed by atoms with Gasteiger partial charge in [0.1, 0.15) is 0 Å². The second kappa shape index (κ2) is 7.90. The minimum absolute atomic E-state index is 0.268. The largest absolute Gasteiger partial charge is 0.383 e. The molecule has 1 amide bonds. The maximum absolute atomic E-state index is 12.6. The molecular formula is C18H27N3O2. The van der Waals surface area contributed by atoms with E-state index >= 15 is 0 Å². The first-order valence-electron chi connectivity index (χ1n) is 8.54. The van der Waals surface area contributed by atoms with Crippen molar-refractivity contribution in [3.8, 4) is 0 Å². The Morgan fingerprint density at radius 1 is 1.04 bits per heavy atom. The molecule has 0 atom stereocenters. The van der Waals surface area contributed by atoms with Gasteiger partial charge in [-0.25, -0.2) is 0 Å². The van der Waals surface area contributed by atoms with Crippen molar-refractivity contribution >= 4 is 5.91 Å². The van der Waals surface area contributed by atoms with Crippen LogP contribution in [-0.2, 0) is 22.5 Å². The van der Waals surface area contributed by atoms with Gasteiger partial charge in [0.15, 0.2) is 0 Å². The summed E-state index contributed by atoms with van der Waals surface area (Å²) in [6, 6.07) is 8.46. The third-order valence-electron chi connectivity index (χ3n) is 4.92. The van der Waals surface area contributed by atoms with Gasteiger partial charge in [0.05, 0.1) is 13.2 Å². The van der Waals surface area contributed by atoms with Crippen molar-refractivity contribution in [3.05, 3.63) is 35.4 Å². The molecule has 5 nitrogen and oxygen atoms in total. The van der Waals surface area contributed by atoms with E-state index in [0.717, 1.165) is 58.8 Å². The van der Waals surface area contributed by atoms with E-state index in [-0.39, 0.29) is 5.91 Å². The minimum atomic E-state index is 0.268. The third kappa shape index (κ3) is 4.31. The van der Waals surface area contributed by atoms with Crippen molar-refractivity contribution in [1.82, 2.24) is 14.7 Å². The van der Waals surface area contributed by atoms with E-state index in [0.29, 0.717) is 6.54 Å². The van der Waals surface area contributed by atoms with Gasteiger partial charge in [-0.15, -0.1) is 0 Å². The molecule has 0 N–H and O–H groups in total. The molecule has 0 aromatic heterocycles. The fourth-order valence-corrected chi connectivity index (χ4v) is 3.39. The van der Waals surface area contributed by atoms with E-state index in [4.69, 9.17) is 4.74 Å². The summed E-state index contributed by atoms with van der Waals surface area (Å²) < 4.78 is 5.13. The molecule has 126 valence electrons. The van der Waals surface area contributed by atoms with E-state index in [9.17, 15) is 4.79 Å². The van der Waals surface area contributed by atoms with Crippen LogP contribution in [0.1, 0.15) is 11.1 Å². The first kappa shape index (κ1) is 16.4. The predicted octanol–water partition coefficient (Wildman–Crippen LogP) is 0.835. The molecule has 5 heteroatoms. The Kier molecular flexibility index (Phi) is 5.65. The van der Waals surface area contributed by atoms with Gasteiger partial charge in [0.2, 0.25) is 5.91 Å². The lowest BCUT2D eigenvalue weighted by atomic mass is 10.00. The summed E-state index contributed by atoms with van der Waals surface area (Å²) >= 11 is 0. The summed E-state index contributed by atoms with van der Waals surface area (Å²) in [6.45, 7) is 7.94. The molecule has 3 rings (SSSR count). The van der Waals surface area contributed by atoms with Gasteiger partial charge in [-0.2, -0.15) is 0 Å². The zero-order valence-electron chi connectivity index (χ0n) is 14.0. The van der Waals surface area contributed by atoms with Gasteiger partial charge < -0.3 is 9.64 Å². The zero-order chi connectivity index (χ0) is 16.1. The Bertz CT molecular complexity index is 527. The summed E-state index contributed by atoms with van der Waals surface area (Å²) in [5.41, 5.74) is 2.69. The molecule has 0 spiro atoms. The van der Waals surface area contributed by atoms with Crippen molar-refractivity contribution in [2.45, 2.75) is 13.0 Å². The molecule has 23 heavy (non-hydrogen) atoms. The molecule has 2 aliphatic heterocycles. The quantitative estimate of drug-likeness (QED) is 0.806. The topological polar surface area (TPSA) is 36.0 Å². The average Bonchev–Trinajstić information content (AvgIpc) is 2.60. The minimum Gasteiger partial charge on any atom is -0.383 e. The zero-order valence-corrected chi connectivity index (χ0v) is 14.0. The van der Waals surface area contributed by atoms with E-state index in [2.05, 4.69) is 34.1 Å². The van der Waals surface area contributed by atoms with Gasteiger partial charge in [0.25, 0.3) is 0 Å². The van der Waals surface area contributed by atoms with Crippen LogP contribution in [0.4, 0.5) is 0 Å². The smallest absolute Gasteiger partial charge is 0.237 e. The number of benzene rings is 1. The second-order valence-corrected chi connectivity index (χ2v) is 6.44. The molecule has 0 saturated carbocycles. The number of hydrogen-bond acceptors (Lipinski definition) is 4. The van der Waals surface area contributed by atoms with Crippen molar-refractivity contribution in [2.24, 2.45) is 0 Å². The van der Waals surface area contributed by atoms with Gasteiger partial charge in [-0.3, -0.25) is 14.6 Å². The molecular weight excluding hydrogens is 290 g/mol. The van der Waals surface area contributed by atoms with E-state index in [1.807, 2.05) is 4.90 Å². The average molecular weight is 317 g/mol. The van der Waals surface area contributed by atoms with Crippen molar-refractivity contribution in [1.29, 1.82) is 0 Å². The van der Waals surface area contributed by atoms with Crippen LogP contribution in [0.15, 0.2) is 24.3 Å². The second-order valence-electron chi connectivity index (χ2n) is 6.44. The Morgan fingerprint density at radius 2 is 1.74 bits per heavy atom.